The standard InChI is InChI=1S/C18H22BrNO/c1-14(8-9-15-6-4-3-5-7-15)20-13-16-10-11-18(21-2)17(19)12-16/h3-7,10-12,14,20H,8-9,13H2,1-2H3/t14-/m1/s1. The van der Waals surface area contributed by atoms with Crippen LogP contribution in [0.5, 0.6) is 5.75 Å². The van der Waals surface area contributed by atoms with Crippen LogP contribution in [0.25, 0.3) is 0 Å². The van der Waals surface area contributed by atoms with Gasteiger partial charge in [-0.2, -0.15) is 0 Å². The Bertz CT molecular complexity index is 556. The van der Waals surface area contributed by atoms with Gasteiger partial charge in [-0.3, -0.25) is 0 Å². The van der Waals surface area contributed by atoms with Crippen LogP contribution in [0.4, 0.5) is 0 Å². The molecule has 3 heteroatoms. The van der Waals surface area contributed by atoms with Crippen molar-refractivity contribution in [3.8, 4) is 5.75 Å². The van der Waals surface area contributed by atoms with E-state index in [1.807, 2.05) is 6.07 Å². The van der Waals surface area contributed by atoms with Gasteiger partial charge in [-0.15, -0.1) is 0 Å². The van der Waals surface area contributed by atoms with E-state index in [4.69, 9.17) is 4.74 Å². The van der Waals surface area contributed by atoms with Crippen LogP contribution in [0.3, 0.4) is 0 Å². The van der Waals surface area contributed by atoms with Gasteiger partial charge < -0.3 is 10.1 Å². The summed E-state index contributed by atoms with van der Waals surface area (Å²) in [5.41, 5.74) is 2.66. The molecule has 1 atom stereocenters. The van der Waals surface area contributed by atoms with Crippen LogP contribution in [-0.4, -0.2) is 13.2 Å². The predicted molar refractivity (Wildman–Crippen MR) is 91.8 cm³/mol. The van der Waals surface area contributed by atoms with E-state index in [0.717, 1.165) is 29.6 Å². The third-order valence-corrected chi connectivity index (χ3v) is 4.20. The van der Waals surface area contributed by atoms with Gasteiger partial charge in [0.25, 0.3) is 0 Å². The average molecular weight is 348 g/mol. The molecule has 2 aromatic rings. The van der Waals surface area contributed by atoms with Gasteiger partial charge in [0, 0.05) is 12.6 Å². The molecule has 0 saturated heterocycles. The van der Waals surface area contributed by atoms with Gasteiger partial charge in [-0.05, 0) is 59.0 Å². The van der Waals surface area contributed by atoms with Crippen molar-refractivity contribution in [1.29, 1.82) is 0 Å². The first kappa shape index (κ1) is 16.1. The molecule has 0 heterocycles. The number of aryl methyl sites for hydroxylation is 1. The maximum absolute atomic E-state index is 5.25. The number of nitrogens with one attached hydrogen (secondary N) is 1. The molecule has 0 radical (unpaired) electrons. The Morgan fingerprint density at radius 3 is 2.52 bits per heavy atom. The lowest BCUT2D eigenvalue weighted by atomic mass is 10.1. The molecule has 2 aromatic carbocycles. The number of ether oxygens (including phenoxy) is 1. The Morgan fingerprint density at radius 2 is 1.86 bits per heavy atom. The minimum absolute atomic E-state index is 0.492. The molecule has 1 N–H and O–H groups in total. The lowest BCUT2D eigenvalue weighted by Crippen LogP contribution is -2.25. The first-order valence-electron chi connectivity index (χ1n) is 7.29. The molecular formula is C18H22BrNO. The zero-order valence-electron chi connectivity index (χ0n) is 12.6. The molecule has 0 aliphatic rings. The van der Waals surface area contributed by atoms with Crippen molar-refractivity contribution in [3.63, 3.8) is 0 Å². The summed E-state index contributed by atoms with van der Waals surface area (Å²) in [7, 11) is 1.68. The molecule has 2 rings (SSSR count). The average Bonchev–Trinajstić information content (AvgIpc) is 2.52. The van der Waals surface area contributed by atoms with Gasteiger partial charge in [0.2, 0.25) is 0 Å². The zero-order chi connectivity index (χ0) is 15.1. The molecule has 0 aromatic heterocycles. The number of hydrogen-bond acceptors (Lipinski definition) is 2. The van der Waals surface area contributed by atoms with Crippen molar-refractivity contribution in [3.05, 3.63) is 64.1 Å². The number of methoxy groups -OCH3 is 1. The SMILES string of the molecule is COc1ccc(CN[C@H](C)CCc2ccccc2)cc1Br. The number of halogens is 1. The molecule has 2 nitrogen and oxygen atoms in total. The lowest BCUT2D eigenvalue weighted by Gasteiger charge is -2.14. The van der Waals surface area contributed by atoms with Crippen molar-refractivity contribution >= 4 is 15.9 Å². The molecule has 0 saturated carbocycles. The van der Waals surface area contributed by atoms with E-state index in [1.54, 1.807) is 7.11 Å². The highest BCUT2D eigenvalue weighted by atomic mass is 79.9. The minimum atomic E-state index is 0.492. The third-order valence-electron chi connectivity index (χ3n) is 3.58. The Morgan fingerprint density at radius 1 is 1.10 bits per heavy atom. The highest BCUT2D eigenvalue weighted by Crippen LogP contribution is 2.25. The third kappa shape index (κ3) is 5.18. The summed E-state index contributed by atoms with van der Waals surface area (Å²) >= 11 is 3.52. The van der Waals surface area contributed by atoms with Crippen LogP contribution in [0.15, 0.2) is 53.0 Å². The van der Waals surface area contributed by atoms with Crippen LogP contribution < -0.4 is 10.1 Å². The van der Waals surface area contributed by atoms with Gasteiger partial charge in [-0.25, -0.2) is 0 Å². The Balaban J connectivity index is 1.78. The highest BCUT2D eigenvalue weighted by molar-refractivity contribution is 9.10. The molecule has 0 bridgehead atoms. The van der Waals surface area contributed by atoms with E-state index in [-0.39, 0.29) is 0 Å². The van der Waals surface area contributed by atoms with Crippen LogP contribution in [0.1, 0.15) is 24.5 Å². The van der Waals surface area contributed by atoms with Crippen molar-refractivity contribution in [2.75, 3.05) is 7.11 Å². The number of hydrogen-bond donors (Lipinski definition) is 1. The fraction of sp³-hybridized carbons (Fsp3) is 0.333. The summed E-state index contributed by atoms with van der Waals surface area (Å²) in [4.78, 5) is 0. The summed E-state index contributed by atoms with van der Waals surface area (Å²) in [5.74, 6) is 0.871. The first-order valence-corrected chi connectivity index (χ1v) is 8.08. The molecule has 0 amide bonds. The normalized spacial score (nSPS) is 12.1. The monoisotopic (exact) mass is 347 g/mol. The molecule has 0 spiro atoms. The lowest BCUT2D eigenvalue weighted by molar-refractivity contribution is 0.412. The second-order valence-corrected chi connectivity index (χ2v) is 6.13. The van der Waals surface area contributed by atoms with Crippen molar-refractivity contribution in [1.82, 2.24) is 5.32 Å². The zero-order valence-corrected chi connectivity index (χ0v) is 14.2. The van der Waals surface area contributed by atoms with E-state index < -0.39 is 0 Å². The van der Waals surface area contributed by atoms with E-state index in [2.05, 4.69) is 70.6 Å². The number of benzene rings is 2. The van der Waals surface area contributed by atoms with Crippen molar-refractivity contribution in [2.24, 2.45) is 0 Å². The van der Waals surface area contributed by atoms with Gasteiger partial charge in [0.15, 0.2) is 0 Å². The van der Waals surface area contributed by atoms with Gasteiger partial charge in [0.1, 0.15) is 5.75 Å². The molecule has 0 fully saturated rings. The summed E-state index contributed by atoms with van der Waals surface area (Å²) in [6.07, 6.45) is 2.25. The Labute approximate surface area is 135 Å². The summed E-state index contributed by atoms with van der Waals surface area (Å²) in [5, 5.41) is 3.57. The highest BCUT2D eigenvalue weighted by Gasteiger charge is 2.05. The van der Waals surface area contributed by atoms with E-state index in [9.17, 15) is 0 Å². The maximum atomic E-state index is 5.25. The molecule has 112 valence electrons. The second-order valence-electron chi connectivity index (χ2n) is 5.28. The topological polar surface area (TPSA) is 21.3 Å². The Hall–Kier alpha value is -1.32. The molecule has 21 heavy (non-hydrogen) atoms. The van der Waals surface area contributed by atoms with E-state index in [1.165, 1.54) is 11.1 Å². The van der Waals surface area contributed by atoms with Crippen molar-refractivity contribution in [2.45, 2.75) is 32.4 Å². The molecule has 0 unspecified atom stereocenters. The smallest absolute Gasteiger partial charge is 0.133 e. The van der Waals surface area contributed by atoms with Crippen molar-refractivity contribution < 1.29 is 4.74 Å². The minimum Gasteiger partial charge on any atom is -0.496 e. The fourth-order valence-corrected chi connectivity index (χ4v) is 2.83. The number of rotatable bonds is 7. The largest absolute Gasteiger partial charge is 0.496 e. The maximum Gasteiger partial charge on any atom is 0.133 e. The van der Waals surface area contributed by atoms with E-state index >= 15 is 0 Å². The summed E-state index contributed by atoms with van der Waals surface area (Å²) in [6, 6.07) is 17.3. The molecule has 0 aliphatic carbocycles. The van der Waals surface area contributed by atoms with Crippen LogP contribution >= 0.6 is 15.9 Å². The van der Waals surface area contributed by atoms with Crippen LogP contribution in [0, 0.1) is 0 Å². The quantitative estimate of drug-likeness (QED) is 0.792. The molecule has 0 aliphatic heterocycles. The summed E-state index contributed by atoms with van der Waals surface area (Å²) in [6.45, 7) is 3.11. The van der Waals surface area contributed by atoms with Crippen LogP contribution in [0.2, 0.25) is 0 Å². The van der Waals surface area contributed by atoms with Gasteiger partial charge in [-0.1, -0.05) is 36.4 Å². The Kier molecular flexibility index (Phi) is 6.27. The fourth-order valence-electron chi connectivity index (χ4n) is 2.24. The van der Waals surface area contributed by atoms with Gasteiger partial charge in [0.05, 0.1) is 11.6 Å². The van der Waals surface area contributed by atoms with Crippen LogP contribution in [-0.2, 0) is 13.0 Å². The van der Waals surface area contributed by atoms with Gasteiger partial charge >= 0.3 is 0 Å². The predicted octanol–water partition coefficient (Wildman–Crippen LogP) is 4.57. The molecular weight excluding hydrogens is 326 g/mol. The van der Waals surface area contributed by atoms with E-state index in [0.29, 0.717) is 6.04 Å². The first-order chi connectivity index (χ1) is 10.2. The summed E-state index contributed by atoms with van der Waals surface area (Å²) < 4.78 is 6.25. The second kappa shape index (κ2) is 8.20.